The zero-order chi connectivity index (χ0) is 13.9. The van der Waals surface area contributed by atoms with E-state index in [1.807, 2.05) is 13.0 Å². The predicted octanol–water partition coefficient (Wildman–Crippen LogP) is 2.37. The molecule has 2 heterocycles. The van der Waals surface area contributed by atoms with Crippen LogP contribution in [0.25, 0.3) is 10.9 Å². The molecular formula is C16H18N4. The molecule has 0 aliphatic heterocycles. The quantitative estimate of drug-likeness (QED) is 0.788. The Hall–Kier alpha value is -2.20. The van der Waals surface area contributed by atoms with Crippen LogP contribution in [0, 0.1) is 0 Å². The van der Waals surface area contributed by atoms with Crippen molar-refractivity contribution in [2.75, 3.05) is 0 Å². The summed E-state index contributed by atoms with van der Waals surface area (Å²) in [5.74, 6) is 0.822. The topological polar surface area (TPSA) is 56.7 Å². The molecule has 3 aromatic rings. The predicted molar refractivity (Wildman–Crippen MR) is 80.4 cm³/mol. The van der Waals surface area contributed by atoms with Crippen molar-refractivity contribution < 1.29 is 0 Å². The fourth-order valence-electron chi connectivity index (χ4n) is 2.51. The van der Waals surface area contributed by atoms with E-state index in [0.717, 1.165) is 12.2 Å². The summed E-state index contributed by atoms with van der Waals surface area (Å²) in [6.45, 7) is 2.72. The number of fused-ring (bicyclic) bond motifs is 1. The first-order chi connectivity index (χ1) is 9.74. The third kappa shape index (κ3) is 2.56. The first-order valence-corrected chi connectivity index (χ1v) is 6.82. The molecule has 0 radical (unpaired) electrons. The average Bonchev–Trinajstić information content (AvgIpc) is 2.84. The van der Waals surface area contributed by atoms with Crippen LogP contribution in [0.4, 0.5) is 0 Å². The van der Waals surface area contributed by atoms with Crippen LogP contribution >= 0.6 is 0 Å². The zero-order valence-electron chi connectivity index (χ0n) is 11.5. The van der Waals surface area contributed by atoms with Crippen molar-refractivity contribution in [3.8, 4) is 0 Å². The SMILES string of the molecule is CC(N)Cc1cccc2c1ccn2Cc1ncccn1. The van der Waals surface area contributed by atoms with Gasteiger partial charge in [-0.3, -0.25) is 0 Å². The average molecular weight is 266 g/mol. The molecule has 4 nitrogen and oxygen atoms in total. The number of rotatable bonds is 4. The largest absolute Gasteiger partial charge is 0.340 e. The third-order valence-corrected chi connectivity index (χ3v) is 3.38. The Labute approximate surface area is 118 Å². The molecule has 2 N–H and O–H groups in total. The molecule has 0 saturated carbocycles. The molecule has 20 heavy (non-hydrogen) atoms. The Morgan fingerprint density at radius 2 is 1.95 bits per heavy atom. The van der Waals surface area contributed by atoms with Crippen molar-refractivity contribution in [2.45, 2.75) is 25.9 Å². The standard InChI is InChI=1S/C16H18N4/c1-12(17)10-13-4-2-5-15-14(13)6-9-20(15)11-16-18-7-3-8-19-16/h2-9,12H,10-11,17H2,1H3. The molecule has 4 heteroatoms. The number of nitrogens with two attached hydrogens (primary N) is 1. The summed E-state index contributed by atoms with van der Waals surface area (Å²) >= 11 is 0. The lowest BCUT2D eigenvalue weighted by molar-refractivity contribution is 0.741. The summed E-state index contributed by atoms with van der Waals surface area (Å²) in [6, 6.07) is 10.5. The minimum Gasteiger partial charge on any atom is -0.340 e. The molecule has 2 aromatic heterocycles. The van der Waals surface area contributed by atoms with Crippen LogP contribution in [0.3, 0.4) is 0 Å². The molecule has 0 amide bonds. The minimum atomic E-state index is 0.168. The number of benzene rings is 1. The van der Waals surface area contributed by atoms with Gasteiger partial charge < -0.3 is 10.3 Å². The molecule has 0 aliphatic rings. The Morgan fingerprint density at radius 1 is 1.15 bits per heavy atom. The molecule has 1 aromatic carbocycles. The first kappa shape index (κ1) is 12.8. The van der Waals surface area contributed by atoms with Gasteiger partial charge in [-0.15, -0.1) is 0 Å². The lowest BCUT2D eigenvalue weighted by Gasteiger charge is -2.08. The van der Waals surface area contributed by atoms with Crippen LogP contribution in [0.5, 0.6) is 0 Å². The Bertz CT molecular complexity index is 701. The van der Waals surface area contributed by atoms with E-state index in [0.29, 0.717) is 6.54 Å². The van der Waals surface area contributed by atoms with Crippen molar-refractivity contribution >= 4 is 10.9 Å². The maximum atomic E-state index is 5.92. The fourth-order valence-corrected chi connectivity index (χ4v) is 2.51. The van der Waals surface area contributed by atoms with Gasteiger partial charge in [-0.2, -0.15) is 0 Å². The summed E-state index contributed by atoms with van der Waals surface area (Å²) in [7, 11) is 0. The van der Waals surface area contributed by atoms with Gasteiger partial charge in [0.15, 0.2) is 0 Å². The maximum absolute atomic E-state index is 5.92. The van der Waals surface area contributed by atoms with Gasteiger partial charge in [-0.05, 0) is 37.1 Å². The molecule has 0 fully saturated rings. The monoisotopic (exact) mass is 266 g/mol. The van der Waals surface area contributed by atoms with Gasteiger partial charge in [-0.1, -0.05) is 12.1 Å². The molecule has 0 bridgehead atoms. The minimum absolute atomic E-state index is 0.168. The van der Waals surface area contributed by atoms with Crippen LogP contribution in [-0.4, -0.2) is 20.6 Å². The fraction of sp³-hybridized carbons (Fsp3) is 0.250. The molecule has 1 atom stereocenters. The van der Waals surface area contributed by atoms with E-state index in [4.69, 9.17) is 5.73 Å². The van der Waals surface area contributed by atoms with Crippen molar-refractivity contribution in [3.05, 3.63) is 60.3 Å². The van der Waals surface area contributed by atoms with E-state index in [9.17, 15) is 0 Å². The number of aromatic nitrogens is 3. The zero-order valence-corrected chi connectivity index (χ0v) is 11.5. The Morgan fingerprint density at radius 3 is 2.70 bits per heavy atom. The summed E-state index contributed by atoms with van der Waals surface area (Å²) in [5, 5.41) is 1.26. The van der Waals surface area contributed by atoms with Crippen LogP contribution in [0.2, 0.25) is 0 Å². The summed E-state index contributed by atoms with van der Waals surface area (Å²) < 4.78 is 2.18. The second-order valence-electron chi connectivity index (χ2n) is 5.14. The summed E-state index contributed by atoms with van der Waals surface area (Å²) in [5.41, 5.74) is 8.42. The van der Waals surface area contributed by atoms with Crippen molar-refractivity contribution in [1.29, 1.82) is 0 Å². The Balaban J connectivity index is 1.97. The van der Waals surface area contributed by atoms with Crippen molar-refractivity contribution in [2.24, 2.45) is 5.73 Å². The maximum Gasteiger partial charge on any atom is 0.147 e. The van der Waals surface area contributed by atoms with Gasteiger partial charge in [0.05, 0.1) is 6.54 Å². The van der Waals surface area contributed by atoms with Gasteiger partial charge in [0, 0.05) is 35.5 Å². The van der Waals surface area contributed by atoms with E-state index in [2.05, 4.69) is 45.0 Å². The number of hydrogen-bond donors (Lipinski definition) is 1. The molecule has 102 valence electrons. The summed E-state index contributed by atoms with van der Waals surface area (Å²) in [6.07, 6.45) is 6.53. The second kappa shape index (κ2) is 5.43. The highest BCUT2D eigenvalue weighted by Gasteiger charge is 2.08. The number of nitrogens with zero attached hydrogens (tertiary/aromatic N) is 3. The lowest BCUT2D eigenvalue weighted by atomic mass is 10.0. The van der Waals surface area contributed by atoms with Gasteiger partial charge in [0.1, 0.15) is 5.82 Å². The van der Waals surface area contributed by atoms with Crippen LogP contribution in [0.1, 0.15) is 18.3 Å². The Kier molecular flexibility index (Phi) is 3.48. The number of hydrogen-bond acceptors (Lipinski definition) is 3. The van der Waals surface area contributed by atoms with E-state index in [1.165, 1.54) is 16.5 Å². The van der Waals surface area contributed by atoms with Crippen molar-refractivity contribution in [3.63, 3.8) is 0 Å². The van der Waals surface area contributed by atoms with Gasteiger partial charge in [-0.25, -0.2) is 9.97 Å². The van der Waals surface area contributed by atoms with E-state index >= 15 is 0 Å². The molecule has 1 unspecified atom stereocenters. The summed E-state index contributed by atoms with van der Waals surface area (Å²) in [4.78, 5) is 8.56. The van der Waals surface area contributed by atoms with Gasteiger partial charge in [0.25, 0.3) is 0 Å². The highest BCUT2D eigenvalue weighted by atomic mass is 15.0. The van der Waals surface area contributed by atoms with Crippen molar-refractivity contribution in [1.82, 2.24) is 14.5 Å². The van der Waals surface area contributed by atoms with Crippen LogP contribution in [0.15, 0.2) is 48.9 Å². The van der Waals surface area contributed by atoms with Gasteiger partial charge in [0.2, 0.25) is 0 Å². The van der Waals surface area contributed by atoms with Gasteiger partial charge >= 0.3 is 0 Å². The smallest absolute Gasteiger partial charge is 0.147 e. The highest BCUT2D eigenvalue weighted by Crippen LogP contribution is 2.21. The lowest BCUT2D eigenvalue weighted by Crippen LogP contribution is -2.17. The van der Waals surface area contributed by atoms with E-state index in [1.54, 1.807) is 12.4 Å². The molecule has 0 spiro atoms. The first-order valence-electron chi connectivity index (χ1n) is 6.82. The normalized spacial score (nSPS) is 12.7. The molecule has 0 saturated heterocycles. The second-order valence-corrected chi connectivity index (χ2v) is 5.14. The van der Waals surface area contributed by atoms with E-state index < -0.39 is 0 Å². The molecular weight excluding hydrogens is 248 g/mol. The molecule has 0 aliphatic carbocycles. The van der Waals surface area contributed by atoms with E-state index in [-0.39, 0.29) is 6.04 Å². The highest BCUT2D eigenvalue weighted by molar-refractivity contribution is 5.83. The molecule has 3 rings (SSSR count). The van der Waals surface area contributed by atoms with Crippen LogP contribution in [-0.2, 0) is 13.0 Å². The van der Waals surface area contributed by atoms with Crippen LogP contribution < -0.4 is 5.73 Å². The third-order valence-electron chi connectivity index (χ3n) is 3.38.